The van der Waals surface area contributed by atoms with Gasteiger partial charge in [0.05, 0.1) is 31.0 Å². The van der Waals surface area contributed by atoms with Crippen molar-refractivity contribution in [3.05, 3.63) is 70.9 Å². The van der Waals surface area contributed by atoms with Crippen LogP contribution in [0.15, 0.2) is 53.7 Å². The van der Waals surface area contributed by atoms with Crippen LogP contribution >= 0.6 is 0 Å². The number of carbonyl (C=O) groups excluding carboxylic acids is 2. The van der Waals surface area contributed by atoms with Crippen LogP contribution in [0.4, 0.5) is 19.3 Å². The van der Waals surface area contributed by atoms with Crippen molar-refractivity contribution in [1.29, 1.82) is 0 Å². The van der Waals surface area contributed by atoms with Gasteiger partial charge in [-0.1, -0.05) is 18.2 Å². The molecule has 8 nitrogen and oxygen atoms in total. The van der Waals surface area contributed by atoms with E-state index in [4.69, 9.17) is 9.47 Å². The Labute approximate surface area is 202 Å². The lowest BCUT2D eigenvalue weighted by molar-refractivity contribution is -0.139. The van der Waals surface area contributed by atoms with Gasteiger partial charge in [-0.25, -0.2) is 18.4 Å². The molecule has 4 rings (SSSR count). The summed E-state index contributed by atoms with van der Waals surface area (Å²) < 4.78 is 38.2. The number of rotatable bonds is 7. The molecule has 1 atom stereocenters. The lowest BCUT2D eigenvalue weighted by atomic mass is 9.94. The molecule has 2 aliphatic rings. The molecule has 10 heteroatoms. The zero-order valence-electron chi connectivity index (χ0n) is 19.6. The standard InChI is InChI=1S/C25H28F2N4O4/c1-3-35-24(32)22-19(28-25(33)29-23(22)16-8-9-17(26)18(27)14-16)15-30-10-12-31(13-11-30)20-6-4-5-7-21(20)34-2/h4-9,14,23H,3,10-13,15H2,1-2H3,(H2,28,29,33). The second kappa shape index (κ2) is 10.7. The Morgan fingerprint density at radius 2 is 1.83 bits per heavy atom. The van der Waals surface area contributed by atoms with E-state index in [0.717, 1.165) is 36.7 Å². The third kappa shape index (κ3) is 5.37. The van der Waals surface area contributed by atoms with Crippen molar-refractivity contribution >= 4 is 17.7 Å². The van der Waals surface area contributed by atoms with Crippen LogP contribution in [-0.2, 0) is 9.53 Å². The number of esters is 1. The molecule has 2 heterocycles. The first kappa shape index (κ1) is 24.5. The molecule has 1 saturated heterocycles. The van der Waals surface area contributed by atoms with Crippen molar-refractivity contribution in [1.82, 2.24) is 15.5 Å². The minimum Gasteiger partial charge on any atom is -0.495 e. The number of amides is 2. The summed E-state index contributed by atoms with van der Waals surface area (Å²) in [6.45, 7) is 4.90. The monoisotopic (exact) mass is 486 g/mol. The van der Waals surface area contributed by atoms with Crippen molar-refractivity contribution < 1.29 is 27.8 Å². The van der Waals surface area contributed by atoms with Crippen molar-refractivity contribution in [2.24, 2.45) is 0 Å². The molecule has 35 heavy (non-hydrogen) atoms. The number of anilines is 1. The van der Waals surface area contributed by atoms with Crippen molar-refractivity contribution in [3.63, 3.8) is 0 Å². The van der Waals surface area contributed by atoms with Gasteiger partial charge < -0.3 is 25.0 Å². The summed E-state index contributed by atoms with van der Waals surface area (Å²) in [7, 11) is 1.64. The zero-order chi connectivity index (χ0) is 24.9. The summed E-state index contributed by atoms with van der Waals surface area (Å²) in [6.07, 6.45) is 0. The summed E-state index contributed by atoms with van der Waals surface area (Å²) in [5, 5.41) is 5.36. The van der Waals surface area contributed by atoms with E-state index in [0.29, 0.717) is 25.3 Å². The Kier molecular flexibility index (Phi) is 7.50. The molecule has 1 fully saturated rings. The van der Waals surface area contributed by atoms with Crippen LogP contribution in [0.5, 0.6) is 5.75 Å². The Bertz CT molecular complexity index is 1130. The number of piperazine rings is 1. The summed E-state index contributed by atoms with van der Waals surface area (Å²) >= 11 is 0. The van der Waals surface area contributed by atoms with Gasteiger partial charge in [-0.3, -0.25) is 4.90 Å². The van der Waals surface area contributed by atoms with Gasteiger partial charge in [-0.05, 0) is 36.8 Å². The maximum absolute atomic E-state index is 14.0. The van der Waals surface area contributed by atoms with Crippen molar-refractivity contribution in [2.75, 3.05) is 51.3 Å². The predicted octanol–water partition coefficient (Wildman–Crippen LogP) is 2.97. The normalized spacial score (nSPS) is 18.7. The summed E-state index contributed by atoms with van der Waals surface area (Å²) in [5.41, 5.74) is 1.81. The number of hydrogen-bond donors (Lipinski definition) is 2. The van der Waals surface area contributed by atoms with E-state index in [1.165, 1.54) is 6.07 Å². The van der Waals surface area contributed by atoms with E-state index in [9.17, 15) is 18.4 Å². The van der Waals surface area contributed by atoms with Gasteiger partial charge in [0.2, 0.25) is 0 Å². The molecular formula is C25H28F2N4O4. The number of benzene rings is 2. The highest BCUT2D eigenvalue weighted by Gasteiger charge is 2.35. The minimum atomic E-state index is -1.06. The first-order chi connectivity index (χ1) is 16.9. The molecule has 2 aliphatic heterocycles. The smallest absolute Gasteiger partial charge is 0.338 e. The number of halogens is 2. The number of nitrogens with one attached hydrogen (secondary N) is 2. The van der Waals surface area contributed by atoms with E-state index < -0.39 is 29.7 Å². The lowest BCUT2D eigenvalue weighted by Gasteiger charge is -2.38. The van der Waals surface area contributed by atoms with Gasteiger partial charge >= 0.3 is 12.0 Å². The van der Waals surface area contributed by atoms with Crippen LogP contribution < -0.4 is 20.3 Å². The third-order valence-corrected chi connectivity index (χ3v) is 6.11. The SMILES string of the molecule is CCOC(=O)C1=C(CN2CCN(c3ccccc3OC)CC2)NC(=O)NC1c1ccc(F)c(F)c1. The van der Waals surface area contributed by atoms with Crippen LogP contribution in [0.1, 0.15) is 18.5 Å². The van der Waals surface area contributed by atoms with Crippen LogP contribution in [-0.4, -0.2) is 63.3 Å². The van der Waals surface area contributed by atoms with Gasteiger partial charge in [-0.2, -0.15) is 0 Å². The molecule has 0 saturated carbocycles. The molecule has 2 amide bonds. The number of carbonyl (C=O) groups is 2. The van der Waals surface area contributed by atoms with E-state index in [2.05, 4.69) is 20.4 Å². The number of ether oxygens (including phenoxy) is 2. The molecule has 0 radical (unpaired) electrons. The molecular weight excluding hydrogens is 458 g/mol. The number of para-hydroxylation sites is 2. The average Bonchev–Trinajstić information content (AvgIpc) is 2.86. The van der Waals surface area contributed by atoms with Crippen molar-refractivity contribution in [3.8, 4) is 5.75 Å². The Morgan fingerprint density at radius 1 is 1.09 bits per heavy atom. The maximum Gasteiger partial charge on any atom is 0.338 e. The van der Waals surface area contributed by atoms with E-state index in [1.807, 2.05) is 24.3 Å². The van der Waals surface area contributed by atoms with Crippen LogP contribution in [0, 0.1) is 11.6 Å². The van der Waals surface area contributed by atoms with Gasteiger partial charge in [0.15, 0.2) is 11.6 Å². The Balaban J connectivity index is 1.57. The van der Waals surface area contributed by atoms with Gasteiger partial charge in [-0.15, -0.1) is 0 Å². The summed E-state index contributed by atoms with van der Waals surface area (Å²) in [6, 6.07) is 9.61. The second-order valence-electron chi connectivity index (χ2n) is 8.25. The van der Waals surface area contributed by atoms with Crippen LogP contribution in [0.2, 0.25) is 0 Å². The first-order valence-electron chi connectivity index (χ1n) is 11.4. The Hall–Kier alpha value is -3.66. The number of urea groups is 1. The molecule has 2 aromatic rings. The van der Waals surface area contributed by atoms with Crippen molar-refractivity contribution in [2.45, 2.75) is 13.0 Å². The van der Waals surface area contributed by atoms with Gasteiger partial charge in [0.25, 0.3) is 0 Å². The quantitative estimate of drug-likeness (QED) is 0.586. The predicted molar refractivity (Wildman–Crippen MR) is 126 cm³/mol. The zero-order valence-corrected chi connectivity index (χ0v) is 19.6. The molecule has 0 aliphatic carbocycles. The molecule has 0 aromatic heterocycles. The third-order valence-electron chi connectivity index (χ3n) is 6.11. The topological polar surface area (TPSA) is 83.1 Å². The first-order valence-corrected chi connectivity index (χ1v) is 11.4. The van der Waals surface area contributed by atoms with Gasteiger partial charge in [0, 0.05) is 38.4 Å². The highest BCUT2D eigenvalue weighted by atomic mass is 19.2. The number of methoxy groups -OCH3 is 1. The number of nitrogens with zero attached hydrogens (tertiary/aromatic N) is 2. The highest BCUT2D eigenvalue weighted by molar-refractivity contribution is 5.95. The van der Waals surface area contributed by atoms with Crippen LogP contribution in [0.3, 0.4) is 0 Å². The molecule has 2 N–H and O–H groups in total. The fourth-order valence-electron chi connectivity index (χ4n) is 4.40. The second-order valence-corrected chi connectivity index (χ2v) is 8.25. The lowest BCUT2D eigenvalue weighted by Crippen LogP contribution is -2.51. The maximum atomic E-state index is 14.0. The summed E-state index contributed by atoms with van der Waals surface area (Å²) in [5.74, 6) is -1.90. The van der Waals surface area contributed by atoms with E-state index >= 15 is 0 Å². The van der Waals surface area contributed by atoms with E-state index in [-0.39, 0.29) is 17.7 Å². The highest BCUT2D eigenvalue weighted by Crippen LogP contribution is 2.31. The molecule has 0 spiro atoms. The Morgan fingerprint density at radius 3 is 2.51 bits per heavy atom. The largest absolute Gasteiger partial charge is 0.495 e. The minimum absolute atomic E-state index is 0.131. The number of hydrogen-bond acceptors (Lipinski definition) is 6. The summed E-state index contributed by atoms with van der Waals surface area (Å²) in [4.78, 5) is 29.7. The average molecular weight is 487 g/mol. The molecule has 1 unspecified atom stereocenters. The fraction of sp³-hybridized carbons (Fsp3) is 0.360. The molecule has 2 aromatic carbocycles. The molecule has 186 valence electrons. The fourth-order valence-corrected chi connectivity index (χ4v) is 4.40. The van der Waals surface area contributed by atoms with E-state index in [1.54, 1.807) is 14.0 Å². The van der Waals surface area contributed by atoms with Crippen LogP contribution in [0.25, 0.3) is 0 Å². The molecule has 0 bridgehead atoms. The van der Waals surface area contributed by atoms with Gasteiger partial charge in [0.1, 0.15) is 5.75 Å².